The molecule has 0 radical (unpaired) electrons. The van der Waals surface area contributed by atoms with Gasteiger partial charge in [-0.05, 0) is 26.8 Å². The number of nitrogens with one attached hydrogen (secondary N) is 1. The molecule has 0 aliphatic rings. The zero-order valence-electron chi connectivity index (χ0n) is 11.0. The Morgan fingerprint density at radius 1 is 1.44 bits per heavy atom. The number of carboxylic acids is 1. The number of carbonyl (C=O) groups excluding carboxylic acids is 1. The first-order chi connectivity index (χ1) is 8.47. The van der Waals surface area contributed by atoms with Crippen molar-refractivity contribution in [3.63, 3.8) is 0 Å². The summed E-state index contributed by atoms with van der Waals surface area (Å²) in [5.74, 6) is -0.952. The van der Waals surface area contributed by atoms with Crippen LogP contribution in [0.5, 0.6) is 0 Å². The Morgan fingerprint density at radius 2 is 2.11 bits per heavy atom. The molecule has 0 atom stereocenters. The summed E-state index contributed by atoms with van der Waals surface area (Å²) in [5.41, 5.74) is 0. The molecule has 0 saturated heterocycles. The summed E-state index contributed by atoms with van der Waals surface area (Å²) < 4.78 is 0. The number of aliphatic carboxylic acids is 1. The van der Waals surface area contributed by atoms with Gasteiger partial charge in [-0.1, -0.05) is 0 Å². The summed E-state index contributed by atoms with van der Waals surface area (Å²) in [6, 6.07) is 2.13. The Labute approximate surface area is 108 Å². The van der Waals surface area contributed by atoms with Gasteiger partial charge in [-0.3, -0.25) is 14.5 Å². The Balaban J connectivity index is 3.99. The van der Waals surface area contributed by atoms with Crippen LogP contribution >= 0.6 is 0 Å². The molecule has 0 saturated carbocycles. The van der Waals surface area contributed by atoms with E-state index in [2.05, 4.69) is 5.32 Å². The van der Waals surface area contributed by atoms with E-state index in [4.69, 9.17) is 10.4 Å². The van der Waals surface area contributed by atoms with Crippen LogP contribution in [0.15, 0.2) is 0 Å². The van der Waals surface area contributed by atoms with Crippen molar-refractivity contribution in [3.05, 3.63) is 0 Å². The first-order valence-corrected chi connectivity index (χ1v) is 6.07. The average Bonchev–Trinajstić information content (AvgIpc) is 2.27. The van der Waals surface area contributed by atoms with E-state index in [0.29, 0.717) is 25.9 Å². The van der Waals surface area contributed by atoms with Crippen molar-refractivity contribution in [1.82, 2.24) is 10.2 Å². The Hall–Kier alpha value is -1.61. The van der Waals surface area contributed by atoms with E-state index >= 15 is 0 Å². The fourth-order valence-corrected chi connectivity index (χ4v) is 1.45. The highest BCUT2D eigenvalue weighted by Crippen LogP contribution is 2.01. The van der Waals surface area contributed by atoms with Crippen LogP contribution in [-0.4, -0.2) is 47.6 Å². The van der Waals surface area contributed by atoms with Crippen molar-refractivity contribution in [2.45, 2.75) is 39.2 Å². The lowest BCUT2D eigenvalue weighted by atomic mass is 10.2. The molecule has 0 unspecified atom stereocenters. The molecular formula is C12H21N3O3. The monoisotopic (exact) mass is 255 g/mol. The smallest absolute Gasteiger partial charge is 0.303 e. The van der Waals surface area contributed by atoms with Crippen molar-refractivity contribution in [3.8, 4) is 6.07 Å². The van der Waals surface area contributed by atoms with Gasteiger partial charge in [0.25, 0.3) is 0 Å². The number of rotatable bonds is 9. The van der Waals surface area contributed by atoms with Crippen molar-refractivity contribution >= 4 is 11.9 Å². The van der Waals surface area contributed by atoms with E-state index in [-0.39, 0.29) is 24.9 Å². The molecule has 0 aromatic rings. The fourth-order valence-electron chi connectivity index (χ4n) is 1.45. The van der Waals surface area contributed by atoms with Crippen LogP contribution in [-0.2, 0) is 9.59 Å². The minimum atomic E-state index is -0.822. The Bertz CT molecular complexity index is 310. The van der Waals surface area contributed by atoms with Gasteiger partial charge in [0.05, 0.1) is 19.0 Å². The van der Waals surface area contributed by atoms with Crippen LogP contribution in [0.1, 0.15) is 33.1 Å². The molecule has 102 valence electrons. The third-order valence-electron chi connectivity index (χ3n) is 2.47. The summed E-state index contributed by atoms with van der Waals surface area (Å²) >= 11 is 0. The van der Waals surface area contributed by atoms with Gasteiger partial charge in [0, 0.05) is 19.0 Å². The van der Waals surface area contributed by atoms with Gasteiger partial charge in [-0.2, -0.15) is 5.26 Å². The zero-order chi connectivity index (χ0) is 14.0. The number of nitriles is 1. The third kappa shape index (κ3) is 8.53. The number of carboxylic acid groups (broad SMARTS) is 1. The third-order valence-corrected chi connectivity index (χ3v) is 2.47. The number of hydrogen-bond acceptors (Lipinski definition) is 4. The molecule has 0 aliphatic heterocycles. The van der Waals surface area contributed by atoms with Crippen molar-refractivity contribution in [1.29, 1.82) is 5.26 Å². The van der Waals surface area contributed by atoms with Gasteiger partial charge in [0.1, 0.15) is 0 Å². The summed E-state index contributed by atoms with van der Waals surface area (Å²) in [5, 5.41) is 19.6. The largest absolute Gasteiger partial charge is 0.481 e. The maximum atomic E-state index is 11.6. The molecule has 0 bridgehead atoms. The fraction of sp³-hybridized carbons (Fsp3) is 0.750. The highest BCUT2D eigenvalue weighted by atomic mass is 16.4. The summed E-state index contributed by atoms with van der Waals surface area (Å²) in [6.45, 7) is 5.10. The van der Waals surface area contributed by atoms with Crippen molar-refractivity contribution in [2.24, 2.45) is 0 Å². The lowest BCUT2D eigenvalue weighted by molar-refractivity contribution is -0.137. The standard InChI is InChI=1S/C12H21N3O3/c1-10(2)15(8-3-5-12(17)18)9-11(16)14-7-4-6-13/h10H,3-5,7-9H2,1-2H3,(H,14,16)(H,17,18). The Morgan fingerprint density at radius 3 is 2.61 bits per heavy atom. The molecule has 0 heterocycles. The van der Waals surface area contributed by atoms with Crippen LogP contribution in [0, 0.1) is 11.3 Å². The van der Waals surface area contributed by atoms with Crippen LogP contribution in [0.3, 0.4) is 0 Å². The predicted molar refractivity (Wildman–Crippen MR) is 66.8 cm³/mol. The van der Waals surface area contributed by atoms with Crippen molar-refractivity contribution in [2.75, 3.05) is 19.6 Å². The van der Waals surface area contributed by atoms with Gasteiger partial charge in [0.2, 0.25) is 5.91 Å². The SMILES string of the molecule is CC(C)N(CCCC(=O)O)CC(=O)NCCC#N. The molecule has 18 heavy (non-hydrogen) atoms. The number of amides is 1. The first-order valence-electron chi connectivity index (χ1n) is 6.07. The molecule has 1 amide bonds. The lowest BCUT2D eigenvalue weighted by Crippen LogP contribution is -2.41. The van der Waals surface area contributed by atoms with Crippen molar-refractivity contribution < 1.29 is 14.7 Å². The molecule has 0 aliphatic carbocycles. The minimum absolute atomic E-state index is 0.110. The van der Waals surface area contributed by atoms with Gasteiger partial charge in [-0.25, -0.2) is 0 Å². The number of carbonyl (C=O) groups is 2. The summed E-state index contributed by atoms with van der Waals surface area (Å²) in [7, 11) is 0. The van der Waals surface area contributed by atoms with Crippen LogP contribution in [0.25, 0.3) is 0 Å². The number of nitrogens with zero attached hydrogens (tertiary/aromatic N) is 2. The highest BCUT2D eigenvalue weighted by Gasteiger charge is 2.13. The van der Waals surface area contributed by atoms with Crippen LogP contribution < -0.4 is 5.32 Å². The molecular weight excluding hydrogens is 234 g/mol. The molecule has 0 rings (SSSR count). The Kier molecular flexibility index (Phi) is 8.58. The topological polar surface area (TPSA) is 93.4 Å². The van der Waals surface area contributed by atoms with Gasteiger partial charge in [-0.15, -0.1) is 0 Å². The maximum Gasteiger partial charge on any atom is 0.303 e. The summed E-state index contributed by atoms with van der Waals surface area (Å²) in [4.78, 5) is 23.9. The van der Waals surface area contributed by atoms with Gasteiger partial charge < -0.3 is 10.4 Å². The average molecular weight is 255 g/mol. The van der Waals surface area contributed by atoms with E-state index in [0.717, 1.165) is 0 Å². The van der Waals surface area contributed by atoms with Gasteiger partial charge >= 0.3 is 5.97 Å². The van der Waals surface area contributed by atoms with E-state index in [9.17, 15) is 9.59 Å². The molecule has 6 nitrogen and oxygen atoms in total. The minimum Gasteiger partial charge on any atom is -0.481 e. The second-order valence-corrected chi connectivity index (χ2v) is 4.32. The van der Waals surface area contributed by atoms with E-state index in [1.807, 2.05) is 24.8 Å². The maximum absolute atomic E-state index is 11.6. The molecule has 0 aromatic carbocycles. The molecule has 0 aromatic heterocycles. The number of hydrogen-bond donors (Lipinski definition) is 2. The second kappa shape index (κ2) is 9.42. The molecule has 0 fully saturated rings. The van der Waals surface area contributed by atoms with Crippen LogP contribution in [0.2, 0.25) is 0 Å². The van der Waals surface area contributed by atoms with E-state index in [1.165, 1.54) is 0 Å². The predicted octanol–water partition coefficient (Wildman–Crippen LogP) is 0.591. The quantitative estimate of drug-likeness (QED) is 0.588. The summed E-state index contributed by atoms with van der Waals surface area (Å²) in [6.07, 6.45) is 0.935. The second-order valence-electron chi connectivity index (χ2n) is 4.32. The highest BCUT2D eigenvalue weighted by molar-refractivity contribution is 5.78. The lowest BCUT2D eigenvalue weighted by Gasteiger charge is -2.25. The van der Waals surface area contributed by atoms with E-state index < -0.39 is 5.97 Å². The normalized spacial score (nSPS) is 10.4. The van der Waals surface area contributed by atoms with Gasteiger partial charge in [0.15, 0.2) is 0 Å². The van der Waals surface area contributed by atoms with Crippen LogP contribution in [0.4, 0.5) is 0 Å². The van der Waals surface area contributed by atoms with E-state index in [1.54, 1.807) is 0 Å². The molecule has 2 N–H and O–H groups in total. The molecule has 6 heteroatoms. The zero-order valence-corrected chi connectivity index (χ0v) is 11.0. The molecule has 0 spiro atoms. The first kappa shape index (κ1) is 16.4.